The van der Waals surface area contributed by atoms with Gasteiger partial charge in [-0.1, -0.05) is 44.0 Å². The number of pyridine rings is 1. The molecule has 0 aliphatic heterocycles. The molecule has 3 heteroatoms. The molecule has 0 bridgehead atoms. The molecule has 3 rings (SSSR count). The first-order valence-electron chi connectivity index (χ1n) is 7.84. The van der Waals surface area contributed by atoms with E-state index in [4.69, 9.17) is 0 Å². The van der Waals surface area contributed by atoms with Crippen LogP contribution in [0, 0.1) is 5.92 Å². The average molecular weight is 282 g/mol. The maximum Gasteiger partial charge on any atom is 0.224 e. The molecule has 2 unspecified atom stereocenters. The van der Waals surface area contributed by atoms with Gasteiger partial charge in [0.05, 0.1) is 11.9 Å². The highest BCUT2D eigenvalue weighted by Crippen LogP contribution is 2.23. The van der Waals surface area contributed by atoms with Gasteiger partial charge >= 0.3 is 0 Å². The second-order valence-electron chi connectivity index (χ2n) is 6.21. The summed E-state index contributed by atoms with van der Waals surface area (Å²) in [4.78, 5) is 16.7. The summed E-state index contributed by atoms with van der Waals surface area (Å²) in [6, 6.07) is 10.3. The molecular weight excluding hydrogens is 260 g/mol. The number of carbonyl (C=O) groups excluding carboxylic acids is 1. The standard InChI is InChI=1S/C18H22N2O/c1-13-5-2-9-16(11-13)20-17(21)12-15-7-3-6-14-8-4-10-19-18(14)15/h3-4,6-8,10,13,16H,2,5,9,11-12H2,1H3,(H,20,21). The third kappa shape index (κ3) is 3.41. The number of benzene rings is 1. The zero-order valence-electron chi connectivity index (χ0n) is 12.5. The minimum atomic E-state index is 0.118. The van der Waals surface area contributed by atoms with Crippen molar-refractivity contribution in [3.05, 3.63) is 42.1 Å². The normalized spacial score (nSPS) is 22.1. The van der Waals surface area contributed by atoms with Crippen molar-refractivity contribution in [1.29, 1.82) is 0 Å². The predicted molar refractivity (Wildman–Crippen MR) is 85.0 cm³/mol. The lowest BCUT2D eigenvalue weighted by Gasteiger charge is -2.27. The van der Waals surface area contributed by atoms with Crippen molar-refractivity contribution in [2.45, 2.75) is 45.1 Å². The molecule has 1 aliphatic carbocycles. The van der Waals surface area contributed by atoms with E-state index in [1.807, 2.05) is 30.3 Å². The molecule has 0 spiro atoms. The molecule has 1 heterocycles. The van der Waals surface area contributed by atoms with Crippen molar-refractivity contribution in [3.8, 4) is 0 Å². The second kappa shape index (κ2) is 6.25. The van der Waals surface area contributed by atoms with Gasteiger partial charge in [0.25, 0.3) is 0 Å². The Balaban J connectivity index is 1.69. The topological polar surface area (TPSA) is 42.0 Å². The first-order chi connectivity index (χ1) is 10.2. The van der Waals surface area contributed by atoms with E-state index in [1.54, 1.807) is 6.20 Å². The van der Waals surface area contributed by atoms with Gasteiger partial charge in [0, 0.05) is 17.6 Å². The minimum Gasteiger partial charge on any atom is -0.353 e. The average Bonchev–Trinajstić information content (AvgIpc) is 2.47. The maximum absolute atomic E-state index is 12.3. The van der Waals surface area contributed by atoms with E-state index >= 15 is 0 Å². The quantitative estimate of drug-likeness (QED) is 0.936. The molecule has 3 nitrogen and oxygen atoms in total. The highest BCUT2D eigenvalue weighted by molar-refractivity contribution is 5.87. The molecule has 2 atom stereocenters. The van der Waals surface area contributed by atoms with Crippen LogP contribution in [0.5, 0.6) is 0 Å². The fourth-order valence-electron chi connectivity index (χ4n) is 3.33. The molecule has 1 aliphatic rings. The molecule has 0 saturated heterocycles. The van der Waals surface area contributed by atoms with Crippen LogP contribution in [0.4, 0.5) is 0 Å². The van der Waals surface area contributed by atoms with Crippen molar-refractivity contribution in [2.24, 2.45) is 5.92 Å². The zero-order chi connectivity index (χ0) is 14.7. The summed E-state index contributed by atoms with van der Waals surface area (Å²) in [6.07, 6.45) is 6.94. The summed E-state index contributed by atoms with van der Waals surface area (Å²) in [6.45, 7) is 2.27. The van der Waals surface area contributed by atoms with Gasteiger partial charge in [-0.2, -0.15) is 0 Å². The monoisotopic (exact) mass is 282 g/mol. The summed E-state index contributed by atoms with van der Waals surface area (Å²) >= 11 is 0. The molecule has 1 amide bonds. The number of rotatable bonds is 3. The van der Waals surface area contributed by atoms with Crippen LogP contribution < -0.4 is 5.32 Å². The van der Waals surface area contributed by atoms with Gasteiger partial charge in [0.2, 0.25) is 5.91 Å². The molecule has 21 heavy (non-hydrogen) atoms. The maximum atomic E-state index is 12.3. The van der Waals surface area contributed by atoms with Crippen molar-refractivity contribution in [2.75, 3.05) is 0 Å². The van der Waals surface area contributed by atoms with Crippen molar-refractivity contribution < 1.29 is 4.79 Å². The van der Waals surface area contributed by atoms with Crippen LogP contribution in [-0.2, 0) is 11.2 Å². The molecule has 1 fully saturated rings. The fourth-order valence-corrected chi connectivity index (χ4v) is 3.33. The predicted octanol–water partition coefficient (Wildman–Crippen LogP) is 3.47. The number of fused-ring (bicyclic) bond motifs is 1. The van der Waals surface area contributed by atoms with E-state index in [-0.39, 0.29) is 5.91 Å². The summed E-state index contributed by atoms with van der Waals surface area (Å²) in [7, 11) is 0. The SMILES string of the molecule is CC1CCCC(NC(=O)Cc2cccc3cccnc23)C1. The van der Waals surface area contributed by atoms with Crippen LogP contribution >= 0.6 is 0 Å². The Labute approximate surface area is 125 Å². The van der Waals surface area contributed by atoms with E-state index in [9.17, 15) is 4.79 Å². The number of nitrogens with one attached hydrogen (secondary N) is 1. The van der Waals surface area contributed by atoms with E-state index in [1.165, 1.54) is 12.8 Å². The molecule has 110 valence electrons. The fraction of sp³-hybridized carbons (Fsp3) is 0.444. The Morgan fingerprint density at radius 2 is 2.14 bits per heavy atom. The van der Waals surface area contributed by atoms with E-state index in [2.05, 4.69) is 17.2 Å². The van der Waals surface area contributed by atoms with Crippen molar-refractivity contribution in [3.63, 3.8) is 0 Å². The van der Waals surface area contributed by atoms with Gasteiger partial charge in [-0.05, 0) is 30.4 Å². The molecule has 1 saturated carbocycles. The second-order valence-corrected chi connectivity index (χ2v) is 6.21. The van der Waals surface area contributed by atoms with Gasteiger partial charge in [-0.3, -0.25) is 9.78 Å². The van der Waals surface area contributed by atoms with E-state index in [0.29, 0.717) is 12.5 Å². The molecule has 2 aromatic rings. The Morgan fingerprint density at radius 3 is 3.00 bits per heavy atom. The van der Waals surface area contributed by atoms with Crippen LogP contribution in [0.3, 0.4) is 0 Å². The smallest absolute Gasteiger partial charge is 0.224 e. The van der Waals surface area contributed by atoms with E-state index < -0.39 is 0 Å². The first-order valence-corrected chi connectivity index (χ1v) is 7.84. The van der Waals surface area contributed by atoms with Crippen molar-refractivity contribution >= 4 is 16.8 Å². The molecule has 1 aromatic heterocycles. The lowest BCUT2D eigenvalue weighted by molar-refractivity contribution is -0.121. The van der Waals surface area contributed by atoms with Gasteiger partial charge in [0.1, 0.15) is 0 Å². The van der Waals surface area contributed by atoms with Gasteiger partial charge in [0.15, 0.2) is 0 Å². The van der Waals surface area contributed by atoms with Crippen LogP contribution in [0.15, 0.2) is 36.5 Å². The van der Waals surface area contributed by atoms with Crippen LogP contribution in [0.1, 0.15) is 38.2 Å². The Kier molecular flexibility index (Phi) is 4.18. The van der Waals surface area contributed by atoms with Crippen LogP contribution in [-0.4, -0.2) is 16.9 Å². The number of aromatic nitrogens is 1. The highest BCUT2D eigenvalue weighted by Gasteiger charge is 2.20. The Morgan fingerprint density at radius 1 is 1.29 bits per heavy atom. The number of hydrogen-bond acceptors (Lipinski definition) is 2. The van der Waals surface area contributed by atoms with Crippen molar-refractivity contribution in [1.82, 2.24) is 10.3 Å². The largest absolute Gasteiger partial charge is 0.353 e. The summed E-state index contributed by atoms with van der Waals surface area (Å²) in [5.74, 6) is 0.843. The third-order valence-corrected chi connectivity index (χ3v) is 4.37. The lowest BCUT2D eigenvalue weighted by Crippen LogP contribution is -2.38. The van der Waals surface area contributed by atoms with Gasteiger partial charge in [-0.15, -0.1) is 0 Å². The van der Waals surface area contributed by atoms with Crippen LogP contribution in [0.25, 0.3) is 10.9 Å². The number of nitrogens with zero attached hydrogens (tertiary/aromatic N) is 1. The molecule has 0 radical (unpaired) electrons. The molecular formula is C18H22N2O. The number of amides is 1. The molecule has 1 N–H and O–H groups in total. The third-order valence-electron chi connectivity index (χ3n) is 4.37. The van der Waals surface area contributed by atoms with Crippen LogP contribution in [0.2, 0.25) is 0 Å². The van der Waals surface area contributed by atoms with E-state index in [0.717, 1.165) is 35.2 Å². The number of carbonyl (C=O) groups is 1. The first kappa shape index (κ1) is 14.1. The number of hydrogen-bond donors (Lipinski definition) is 1. The summed E-state index contributed by atoms with van der Waals surface area (Å²) < 4.78 is 0. The molecule has 1 aromatic carbocycles. The Hall–Kier alpha value is -1.90. The highest BCUT2D eigenvalue weighted by atomic mass is 16.1. The zero-order valence-corrected chi connectivity index (χ0v) is 12.5. The lowest BCUT2D eigenvalue weighted by atomic mass is 9.87. The van der Waals surface area contributed by atoms with Gasteiger partial charge in [-0.25, -0.2) is 0 Å². The summed E-state index contributed by atoms with van der Waals surface area (Å²) in [5.41, 5.74) is 1.95. The minimum absolute atomic E-state index is 0.118. The number of para-hydroxylation sites is 1. The van der Waals surface area contributed by atoms with Gasteiger partial charge < -0.3 is 5.32 Å². The summed E-state index contributed by atoms with van der Waals surface area (Å²) in [5, 5.41) is 4.29. The Bertz CT molecular complexity index is 633.